The van der Waals surface area contributed by atoms with Gasteiger partial charge in [0, 0.05) is 6.54 Å². The van der Waals surface area contributed by atoms with Crippen LogP contribution in [0.2, 0.25) is 0 Å². The first-order valence-corrected chi connectivity index (χ1v) is 11.4. The van der Waals surface area contributed by atoms with Gasteiger partial charge in [-0.25, -0.2) is 4.98 Å². The van der Waals surface area contributed by atoms with Gasteiger partial charge in [0.05, 0.1) is 25.3 Å². The Morgan fingerprint density at radius 3 is 2.87 bits per heavy atom. The van der Waals surface area contributed by atoms with Crippen LogP contribution >= 0.6 is 11.3 Å². The van der Waals surface area contributed by atoms with Crippen molar-refractivity contribution >= 4 is 28.2 Å². The summed E-state index contributed by atoms with van der Waals surface area (Å²) in [5.41, 5.74) is 4.29. The van der Waals surface area contributed by atoms with Gasteiger partial charge in [0.15, 0.2) is 0 Å². The lowest BCUT2D eigenvalue weighted by atomic mass is 10.0. The Balaban J connectivity index is 1.41. The fourth-order valence-electron chi connectivity index (χ4n) is 3.51. The van der Waals surface area contributed by atoms with E-state index in [1.54, 1.807) is 0 Å². The van der Waals surface area contributed by atoms with E-state index in [1.165, 1.54) is 22.5 Å². The molecule has 0 aliphatic carbocycles. The first-order valence-electron chi connectivity index (χ1n) is 10.5. The fourth-order valence-corrected chi connectivity index (χ4v) is 4.20. The SMILES string of the molecule is CCc1nnc(Nc2cccc([C@H]3CN(C(=O)Cc4ccc(C)c(C)c4)CCO3)n2)s1. The average molecular weight is 438 g/mol. The molecular weight excluding hydrogens is 410 g/mol. The third-order valence-corrected chi connectivity index (χ3v) is 6.43. The molecule has 1 aromatic carbocycles. The standard InChI is InChI=1S/C23H27N5O2S/c1-4-21-26-27-23(31-21)25-20-7-5-6-18(24-20)19-14-28(10-11-30-19)22(29)13-17-9-8-15(2)16(3)12-17/h5-9,12,19H,4,10-11,13-14H2,1-3H3,(H,24,25,27)/t19-/m1/s1. The van der Waals surface area contributed by atoms with Crippen LogP contribution in [0.5, 0.6) is 0 Å². The van der Waals surface area contributed by atoms with Gasteiger partial charge in [0.1, 0.15) is 16.9 Å². The molecule has 0 radical (unpaired) electrons. The number of amides is 1. The molecule has 1 N–H and O–H groups in total. The maximum Gasteiger partial charge on any atom is 0.227 e. The van der Waals surface area contributed by atoms with Crippen LogP contribution in [0, 0.1) is 13.8 Å². The number of pyridine rings is 1. The number of benzene rings is 1. The third kappa shape index (κ3) is 5.26. The smallest absolute Gasteiger partial charge is 0.227 e. The Hall–Kier alpha value is -2.84. The van der Waals surface area contributed by atoms with Crippen LogP contribution in [0.15, 0.2) is 36.4 Å². The summed E-state index contributed by atoms with van der Waals surface area (Å²) in [6.07, 6.45) is 1.01. The Morgan fingerprint density at radius 1 is 1.23 bits per heavy atom. The van der Waals surface area contributed by atoms with Gasteiger partial charge in [-0.3, -0.25) is 4.79 Å². The summed E-state index contributed by atoms with van der Waals surface area (Å²) < 4.78 is 5.95. The number of carbonyl (C=O) groups is 1. The number of ether oxygens (including phenoxy) is 1. The van der Waals surface area contributed by atoms with Crippen LogP contribution in [0.1, 0.15) is 40.4 Å². The summed E-state index contributed by atoms with van der Waals surface area (Å²) in [6, 6.07) is 12.0. The second kappa shape index (κ2) is 9.53. The van der Waals surface area contributed by atoms with Crippen LogP contribution in [-0.2, 0) is 22.4 Å². The molecule has 3 heterocycles. The van der Waals surface area contributed by atoms with Crippen molar-refractivity contribution < 1.29 is 9.53 Å². The lowest BCUT2D eigenvalue weighted by Gasteiger charge is -2.33. The summed E-state index contributed by atoms with van der Waals surface area (Å²) in [6.45, 7) is 7.81. The molecule has 0 bridgehead atoms. The number of anilines is 2. The van der Waals surface area contributed by atoms with Gasteiger partial charge in [-0.05, 0) is 49.1 Å². The van der Waals surface area contributed by atoms with Crippen molar-refractivity contribution in [1.29, 1.82) is 0 Å². The molecule has 4 rings (SSSR count). The van der Waals surface area contributed by atoms with Crippen molar-refractivity contribution in [3.63, 3.8) is 0 Å². The van der Waals surface area contributed by atoms with E-state index in [0.29, 0.717) is 31.9 Å². The van der Waals surface area contributed by atoms with Gasteiger partial charge in [-0.2, -0.15) is 0 Å². The van der Waals surface area contributed by atoms with Crippen LogP contribution in [0.25, 0.3) is 0 Å². The van der Waals surface area contributed by atoms with Crippen molar-refractivity contribution in [3.05, 3.63) is 63.8 Å². The third-order valence-electron chi connectivity index (χ3n) is 5.45. The predicted molar refractivity (Wildman–Crippen MR) is 122 cm³/mol. The minimum Gasteiger partial charge on any atom is -0.368 e. The summed E-state index contributed by atoms with van der Waals surface area (Å²) in [5.74, 6) is 0.810. The monoisotopic (exact) mass is 437 g/mol. The summed E-state index contributed by atoms with van der Waals surface area (Å²) in [4.78, 5) is 19.5. The number of aryl methyl sites for hydroxylation is 3. The molecule has 0 spiro atoms. The number of rotatable bonds is 6. The van der Waals surface area contributed by atoms with E-state index in [2.05, 4.69) is 48.4 Å². The second-order valence-electron chi connectivity index (χ2n) is 7.72. The molecule has 7 nitrogen and oxygen atoms in total. The quantitative estimate of drug-likeness (QED) is 0.628. The number of nitrogens with one attached hydrogen (secondary N) is 1. The Kier molecular flexibility index (Phi) is 6.58. The van der Waals surface area contributed by atoms with Crippen molar-refractivity contribution in [1.82, 2.24) is 20.1 Å². The molecule has 1 aliphatic rings. The van der Waals surface area contributed by atoms with E-state index >= 15 is 0 Å². The normalized spacial score (nSPS) is 16.4. The molecule has 162 valence electrons. The highest BCUT2D eigenvalue weighted by Crippen LogP contribution is 2.25. The van der Waals surface area contributed by atoms with Crippen molar-refractivity contribution in [2.45, 2.75) is 39.7 Å². The number of hydrogen-bond acceptors (Lipinski definition) is 7. The zero-order chi connectivity index (χ0) is 21.8. The van der Waals surface area contributed by atoms with E-state index in [0.717, 1.165) is 27.8 Å². The number of morpholine rings is 1. The molecule has 1 aliphatic heterocycles. The van der Waals surface area contributed by atoms with E-state index < -0.39 is 0 Å². The first kappa shape index (κ1) is 21.4. The molecule has 3 aromatic rings. The average Bonchev–Trinajstić information content (AvgIpc) is 3.24. The molecular formula is C23H27N5O2S. The molecule has 1 atom stereocenters. The van der Waals surface area contributed by atoms with Crippen molar-refractivity contribution in [2.75, 3.05) is 25.0 Å². The summed E-state index contributed by atoms with van der Waals surface area (Å²) in [7, 11) is 0. The molecule has 2 aromatic heterocycles. The van der Waals surface area contributed by atoms with Crippen molar-refractivity contribution in [2.24, 2.45) is 0 Å². The largest absolute Gasteiger partial charge is 0.368 e. The Labute approximate surface area is 186 Å². The van der Waals surface area contributed by atoms with Crippen LogP contribution < -0.4 is 5.32 Å². The topological polar surface area (TPSA) is 80.2 Å². The summed E-state index contributed by atoms with van der Waals surface area (Å²) >= 11 is 1.52. The maximum absolute atomic E-state index is 12.9. The van der Waals surface area contributed by atoms with Gasteiger partial charge in [-0.1, -0.05) is 42.5 Å². The molecule has 1 saturated heterocycles. The summed E-state index contributed by atoms with van der Waals surface area (Å²) in [5, 5.41) is 13.2. The highest BCUT2D eigenvalue weighted by Gasteiger charge is 2.26. The van der Waals surface area contributed by atoms with E-state index in [-0.39, 0.29) is 12.0 Å². The number of aromatic nitrogens is 3. The van der Waals surface area contributed by atoms with Crippen LogP contribution in [0.3, 0.4) is 0 Å². The number of carbonyl (C=O) groups excluding carboxylic acids is 1. The molecule has 0 unspecified atom stereocenters. The molecule has 0 saturated carbocycles. The van der Waals surface area contributed by atoms with Crippen molar-refractivity contribution in [3.8, 4) is 0 Å². The first-order chi connectivity index (χ1) is 15.0. The van der Waals surface area contributed by atoms with E-state index in [9.17, 15) is 4.79 Å². The lowest BCUT2D eigenvalue weighted by molar-refractivity contribution is -0.138. The number of hydrogen-bond donors (Lipinski definition) is 1. The zero-order valence-electron chi connectivity index (χ0n) is 18.1. The minimum atomic E-state index is -0.250. The van der Waals surface area contributed by atoms with Gasteiger partial charge < -0.3 is 15.0 Å². The van der Waals surface area contributed by atoms with Gasteiger partial charge >= 0.3 is 0 Å². The predicted octanol–water partition coefficient (Wildman–Crippen LogP) is 4.00. The highest BCUT2D eigenvalue weighted by atomic mass is 32.1. The Bertz CT molecular complexity index is 1070. The molecule has 1 amide bonds. The van der Waals surface area contributed by atoms with E-state index in [4.69, 9.17) is 9.72 Å². The van der Waals surface area contributed by atoms with Crippen LogP contribution in [0.4, 0.5) is 10.9 Å². The highest BCUT2D eigenvalue weighted by molar-refractivity contribution is 7.15. The molecule has 31 heavy (non-hydrogen) atoms. The Morgan fingerprint density at radius 2 is 2.10 bits per heavy atom. The lowest BCUT2D eigenvalue weighted by Crippen LogP contribution is -2.43. The zero-order valence-corrected chi connectivity index (χ0v) is 18.9. The maximum atomic E-state index is 12.9. The van der Waals surface area contributed by atoms with Gasteiger partial charge in [0.25, 0.3) is 0 Å². The van der Waals surface area contributed by atoms with Crippen LogP contribution in [-0.4, -0.2) is 45.7 Å². The second-order valence-corrected chi connectivity index (χ2v) is 8.78. The van der Waals surface area contributed by atoms with E-state index in [1.807, 2.05) is 29.2 Å². The number of nitrogens with zero attached hydrogens (tertiary/aromatic N) is 4. The molecule has 8 heteroatoms. The fraction of sp³-hybridized carbons (Fsp3) is 0.391. The van der Waals surface area contributed by atoms with Gasteiger partial charge in [0.2, 0.25) is 11.0 Å². The molecule has 1 fully saturated rings. The minimum absolute atomic E-state index is 0.117. The van der Waals surface area contributed by atoms with Gasteiger partial charge in [-0.15, -0.1) is 10.2 Å².